The summed E-state index contributed by atoms with van der Waals surface area (Å²) in [6.07, 6.45) is 2.95. The summed E-state index contributed by atoms with van der Waals surface area (Å²) in [7, 11) is 1.77. The van der Waals surface area contributed by atoms with Crippen LogP contribution >= 0.6 is 0 Å². The molecule has 1 aliphatic carbocycles. The highest BCUT2D eigenvalue weighted by Crippen LogP contribution is 2.35. The van der Waals surface area contributed by atoms with Crippen molar-refractivity contribution in [3.8, 4) is 0 Å². The van der Waals surface area contributed by atoms with Crippen LogP contribution in [-0.2, 0) is 19.1 Å². The fourth-order valence-corrected chi connectivity index (χ4v) is 3.29. The Morgan fingerprint density at radius 2 is 1.48 bits per heavy atom. The first kappa shape index (κ1) is 23.4. The van der Waals surface area contributed by atoms with Crippen LogP contribution in [0, 0.1) is 26.1 Å². The molecule has 166 valence electrons. The number of nitrogens with zero attached hydrogens (tertiary/aromatic N) is 2. The average molecular weight is 439 g/mol. The topological polar surface area (TPSA) is 168 Å². The number of hydrogen-bond acceptors (Lipinski definition) is 9. The summed E-state index contributed by atoms with van der Waals surface area (Å²) in [6.45, 7) is 0. The Labute approximate surface area is 174 Å². The quantitative estimate of drug-likeness (QED) is 0.218. The third-order valence-corrected chi connectivity index (χ3v) is 4.81. The van der Waals surface area contributed by atoms with Crippen LogP contribution in [0.4, 0.5) is 15.8 Å². The van der Waals surface area contributed by atoms with Gasteiger partial charge in [0.25, 0.3) is 17.3 Å². The van der Waals surface area contributed by atoms with Crippen molar-refractivity contribution in [2.24, 2.45) is 5.92 Å². The first-order valence-corrected chi connectivity index (χ1v) is 8.81. The second-order valence-corrected chi connectivity index (χ2v) is 6.58. The third kappa shape index (κ3) is 4.65. The molecule has 13 heteroatoms. The second-order valence-electron chi connectivity index (χ2n) is 6.58. The van der Waals surface area contributed by atoms with Crippen LogP contribution in [-0.4, -0.2) is 53.6 Å². The van der Waals surface area contributed by atoms with Crippen LogP contribution in [0.1, 0.15) is 23.2 Å². The van der Waals surface area contributed by atoms with E-state index in [-0.39, 0.29) is 12.8 Å². The van der Waals surface area contributed by atoms with Gasteiger partial charge >= 0.3 is 17.6 Å². The summed E-state index contributed by atoms with van der Waals surface area (Å²) >= 11 is 0. The number of nitro groups is 2. The third-order valence-electron chi connectivity index (χ3n) is 4.81. The normalized spacial score (nSPS) is 18.0. The number of carbonyl (C=O) groups is 3. The summed E-state index contributed by atoms with van der Waals surface area (Å²) in [5.41, 5.74) is -5.04. The number of nitrogens with one attached hydrogen (secondary N) is 1. The lowest BCUT2D eigenvalue weighted by Crippen LogP contribution is -2.58. The van der Waals surface area contributed by atoms with Gasteiger partial charge < -0.3 is 14.8 Å². The Hall–Kier alpha value is -3.90. The first-order chi connectivity index (χ1) is 14.6. The molecule has 2 atom stereocenters. The lowest BCUT2D eigenvalue weighted by Gasteiger charge is -2.36. The van der Waals surface area contributed by atoms with E-state index in [9.17, 15) is 34.6 Å². The fourth-order valence-electron chi connectivity index (χ4n) is 3.29. The minimum atomic E-state index is -3.24. The number of hydrogen-bond donors (Lipinski definition) is 1. The van der Waals surface area contributed by atoms with Crippen LogP contribution in [0.15, 0.2) is 30.4 Å². The van der Waals surface area contributed by atoms with Crippen molar-refractivity contribution in [1.82, 2.24) is 5.32 Å². The molecule has 31 heavy (non-hydrogen) atoms. The minimum absolute atomic E-state index is 0.00703. The summed E-state index contributed by atoms with van der Waals surface area (Å²) in [5.74, 6) is -5.43. The van der Waals surface area contributed by atoms with Crippen molar-refractivity contribution >= 4 is 29.2 Å². The molecule has 1 aromatic carbocycles. The highest BCUT2D eigenvalue weighted by atomic mass is 19.1. The summed E-state index contributed by atoms with van der Waals surface area (Å²) in [5, 5.41) is 24.5. The van der Waals surface area contributed by atoms with Crippen molar-refractivity contribution in [1.29, 1.82) is 0 Å². The van der Waals surface area contributed by atoms with Gasteiger partial charge in [-0.05, 0) is 12.8 Å². The molecular weight excluding hydrogens is 421 g/mol. The van der Waals surface area contributed by atoms with Crippen LogP contribution in [0.25, 0.3) is 0 Å². The Balaban J connectivity index is 2.42. The van der Waals surface area contributed by atoms with Gasteiger partial charge in [-0.2, -0.15) is 0 Å². The summed E-state index contributed by atoms with van der Waals surface area (Å²) < 4.78 is 24.4. The molecule has 1 N–H and O–H groups in total. The van der Waals surface area contributed by atoms with Gasteiger partial charge in [0.2, 0.25) is 0 Å². The maximum absolute atomic E-state index is 15.6. The molecule has 0 radical (unpaired) electrons. The molecule has 1 amide bonds. The van der Waals surface area contributed by atoms with Crippen LogP contribution in [0.5, 0.6) is 0 Å². The van der Waals surface area contributed by atoms with E-state index in [1.54, 1.807) is 6.08 Å². The molecule has 0 aliphatic heterocycles. The number of carbonyl (C=O) groups excluding carboxylic acids is 3. The van der Waals surface area contributed by atoms with Crippen LogP contribution < -0.4 is 5.32 Å². The van der Waals surface area contributed by atoms with Crippen molar-refractivity contribution < 1.29 is 38.1 Å². The van der Waals surface area contributed by atoms with E-state index >= 15 is 4.39 Å². The van der Waals surface area contributed by atoms with E-state index in [4.69, 9.17) is 0 Å². The van der Waals surface area contributed by atoms with Gasteiger partial charge in [0.05, 0.1) is 35.7 Å². The number of rotatable bonds is 7. The molecule has 0 saturated heterocycles. The Bertz CT molecular complexity index is 914. The number of allylic oxidation sites excluding steroid dienone is 1. The first-order valence-electron chi connectivity index (χ1n) is 8.81. The zero-order valence-corrected chi connectivity index (χ0v) is 16.4. The smallest absolute Gasteiger partial charge is 0.355 e. The number of methoxy groups -OCH3 is 2. The van der Waals surface area contributed by atoms with Crippen molar-refractivity contribution in [3.05, 3.63) is 56.1 Å². The number of ether oxygens (including phenoxy) is 2. The average Bonchev–Trinajstić information content (AvgIpc) is 2.77. The highest BCUT2D eigenvalue weighted by molar-refractivity contribution is 6.04. The van der Waals surface area contributed by atoms with Crippen LogP contribution in [0.3, 0.4) is 0 Å². The number of halogens is 1. The number of alkyl halides is 1. The maximum Gasteiger partial charge on any atom is 0.355 e. The fraction of sp³-hybridized carbons (Fsp3) is 0.389. The molecule has 0 heterocycles. The van der Waals surface area contributed by atoms with Crippen molar-refractivity contribution in [2.75, 3.05) is 14.2 Å². The van der Waals surface area contributed by atoms with Crippen molar-refractivity contribution in [2.45, 2.75) is 24.6 Å². The zero-order valence-electron chi connectivity index (χ0n) is 16.4. The Kier molecular flexibility index (Phi) is 7.00. The van der Waals surface area contributed by atoms with Gasteiger partial charge in [-0.15, -0.1) is 0 Å². The number of nitro benzene ring substituents is 2. The van der Waals surface area contributed by atoms with Gasteiger partial charge in [0.15, 0.2) is 0 Å². The summed E-state index contributed by atoms with van der Waals surface area (Å²) in [6, 6.07) is 1.20. The van der Waals surface area contributed by atoms with Crippen LogP contribution in [0.2, 0.25) is 0 Å². The van der Waals surface area contributed by atoms with Gasteiger partial charge in [0, 0.05) is 24.1 Å². The molecule has 0 spiro atoms. The monoisotopic (exact) mass is 439 g/mol. The molecule has 0 unspecified atom stereocenters. The lowest BCUT2D eigenvalue weighted by atomic mass is 9.76. The predicted octanol–water partition coefficient (Wildman–Crippen LogP) is 1.62. The molecule has 0 saturated carbocycles. The molecular formula is C18H18FN3O9. The molecule has 12 nitrogen and oxygen atoms in total. The van der Waals surface area contributed by atoms with E-state index in [0.717, 1.165) is 26.4 Å². The Morgan fingerprint density at radius 1 is 1.00 bits per heavy atom. The second kappa shape index (κ2) is 9.28. The number of non-ortho nitro benzene ring substituents is 2. The zero-order chi connectivity index (χ0) is 23.3. The minimum Gasteiger partial charge on any atom is -0.466 e. The lowest BCUT2D eigenvalue weighted by molar-refractivity contribution is -0.394. The molecule has 1 aromatic rings. The maximum atomic E-state index is 15.6. The predicted molar refractivity (Wildman–Crippen MR) is 101 cm³/mol. The molecule has 0 fully saturated rings. The highest BCUT2D eigenvalue weighted by Gasteiger charge is 2.58. The standard InChI is InChI=1S/C18H18FN3O9/c1-30-16(24)18(19,17(25)31-2)13-5-3-4-6-14(13)20-15(23)10-7-11(21(26)27)9-12(8-10)22(28)29/h3-4,7-9,13-14H,5-6H2,1-2H3,(H,20,23)/t13-,14-/m1/s1. The van der Waals surface area contributed by atoms with E-state index in [0.29, 0.717) is 6.07 Å². The number of esters is 2. The Morgan fingerprint density at radius 3 is 1.94 bits per heavy atom. The van der Waals surface area contributed by atoms with E-state index in [1.165, 1.54) is 6.08 Å². The van der Waals surface area contributed by atoms with Gasteiger partial charge in [-0.1, -0.05) is 12.2 Å². The molecule has 0 aromatic heterocycles. The number of benzene rings is 1. The summed E-state index contributed by atoms with van der Waals surface area (Å²) in [4.78, 5) is 57.1. The molecule has 2 rings (SSSR count). The van der Waals surface area contributed by atoms with Gasteiger partial charge in [-0.3, -0.25) is 25.0 Å². The van der Waals surface area contributed by atoms with E-state index in [1.807, 2.05) is 0 Å². The van der Waals surface area contributed by atoms with Crippen molar-refractivity contribution in [3.63, 3.8) is 0 Å². The number of amides is 1. The van der Waals surface area contributed by atoms with E-state index < -0.39 is 62.3 Å². The largest absolute Gasteiger partial charge is 0.466 e. The SMILES string of the molecule is COC(=O)C(F)(C(=O)OC)[C@@H]1CC=CC[C@H]1NC(=O)c1cc([N+](=O)[O-])cc([N+](=O)[O-])c1. The van der Waals surface area contributed by atoms with E-state index in [2.05, 4.69) is 14.8 Å². The molecule has 0 bridgehead atoms. The molecule has 1 aliphatic rings. The van der Waals surface area contributed by atoms with Gasteiger partial charge in [-0.25, -0.2) is 14.0 Å². The van der Waals surface area contributed by atoms with Gasteiger partial charge in [0.1, 0.15) is 0 Å².